The predicted molar refractivity (Wildman–Crippen MR) is 160 cm³/mol. The molecule has 0 unspecified atom stereocenters. The molecule has 218 valence electrons. The number of thioether (sulfide) groups is 1. The predicted octanol–water partition coefficient (Wildman–Crippen LogP) is 5.88. The van der Waals surface area contributed by atoms with Crippen molar-refractivity contribution in [3.8, 4) is 5.75 Å². The van der Waals surface area contributed by atoms with Crippen LogP contribution in [0.15, 0.2) is 53.4 Å². The van der Waals surface area contributed by atoms with E-state index < -0.39 is 17.5 Å². The molecule has 2 aliphatic rings. The molecule has 2 aromatic rings. The smallest absolute Gasteiger partial charge is 0.277 e. The van der Waals surface area contributed by atoms with Crippen LogP contribution in [0.4, 0.5) is 0 Å². The minimum absolute atomic E-state index is 0.00585. The largest absolute Gasteiger partial charge is 0.508 e. The molecule has 40 heavy (non-hydrogen) atoms. The molecule has 1 saturated heterocycles. The minimum atomic E-state index is -0.625. The van der Waals surface area contributed by atoms with Gasteiger partial charge in [0.25, 0.3) is 5.91 Å². The second-order valence-corrected chi connectivity index (χ2v) is 13.5. The molecule has 1 aliphatic carbocycles. The molecule has 0 bridgehead atoms. The number of phenolic OH excluding ortho intramolecular Hbond substituents is 1. The molecule has 1 aliphatic heterocycles. The third-order valence-corrected chi connectivity index (χ3v) is 9.60. The van der Waals surface area contributed by atoms with Crippen LogP contribution in [-0.4, -0.2) is 68.6 Å². The number of carbonyl (C=O) groups is 2. The van der Waals surface area contributed by atoms with Crippen molar-refractivity contribution >= 4 is 23.6 Å². The lowest BCUT2D eigenvalue weighted by molar-refractivity contribution is -0.145. The van der Waals surface area contributed by atoms with Crippen molar-refractivity contribution in [2.45, 2.75) is 88.7 Å². The number of carbonyl (C=O) groups excluding carboxylic acids is 2. The van der Waals surface area contributed by atoms with Gasteiger partial charge in [0.2, 0.25) is 5.91 Å². The lowest BCUT2D eigenvalue weighted by Gasteiger charge is -2.45. The molecule has 0 spiro atoms. The van der Waals surface area contributed by atoms with Crippen LogP contribution in [0.25, 0.3) is 0 Å². The van der Waals surface area contributed by atoms with Crippen molar-refractivity contribution < 1.29 is 19.9 Å². The summed E-state index contributed by atoms with van der Waals surface area (Å²) in [7, 11) is 0. The van der Waals surface area contributed by atoms with E-state index >= 15 is 0 Å². The quantitative estimate of drug-likeness (QED) is 0.199. The molecule has 1 heterocycles. The first-order chi connectivity index (χ1) is 19.1. The average molecular weight is 568 g/mol. The number of amides is 2. The number of nitrogens with one attached hydrogen (secondary N) is 1. The van der Waals surface area contributed by atoms with E-state index in [1.54, 1.807) is 30.8 Å². The molecule has 2 aromatic carbocycles. The maximum absolute atomic E-state index is 14.1. The Morgan fingerprint density at radius 3 is 2.45 bits per heavy atom. The number of hydrogen-bond acceptors (Lipinski definition) is 6. The Labute approximate surface area is 243 Å². The normalized spacial score (nSPS) is 21.8. The van der Waals surface area contributed by atoms with Gasteiger partial charge in [0.05, 0.1) is 12.1 Å². The summed E-state index contributed by atoms with van der Waals surface area (Å²) in [5, 5.41) is 25.8. The zero-order valence-electron chi connectivity index (χ0n) is 24.3. The standard InChI is InChI=1S/C32H45N3O4S/c1-22-27(15-10-16-29(22)36)30(37)35(39)25(17-18-40-26-13-6-5-7-14-26)21-34(32(2,3)4)31(38)28-19-23-11-8-9-12-24(23)20-33-28/h5-7,10,13-16,23-25,28,33,36,39H,8-9,11-12,17-21H2,1-4H3/t23-,24+,25-,28-/m1/s1. The molecule has 4 atom stereocenters. The molecule has 2 amide bonds. The lowest BCUT2D eigenvalue weighted by Crippen LogP contribution is -2.60. The van der Waals surface area contributed by atoms with Crippen LogP contribution in [0.5, 0.6) is 5.75 Å². The SMILES string of the molecule is Cc1c(O)cccc1C(=O)N(O)[C@H](CCSc1ccccc1)CN(C(=O)[C@H]1C[C@H]2CCCC[C@H]2CN1)C(C)(C)C. The Balaban J connectivity index is 1.55. The van der Waals surface area contributed by atoms with Gasteiger partial charge in [-0.3, -0.25) is 14.8 Å². The second-order valence-electron chi connectivity index (χ2n) is 12.3. The summed E-state index contributed by atoms with van der Waals surface area (Å²) < 4.78 is 0. The number of aromatic hydroxyl groups is 1. The fourth-order valence-corrected chi connectivity index (χ4v) is 7.06. The van der Waals surface area contributed by atoms with Gasteiger partial charge in [0.15, 0.2) is 0 Å². The van der Waals surface area contributed by atoms with Crippen LogP contribution in [0.3, 0.4) is 0 Å². The van der Waals surface area contributed by atoms with Gasteiger partial charge in [-0.15, -0.1) is 11.8 Å². The van der Waals surface area contributed by atoms with Crippen molar-refractivity contribution in [3.05, 3.63) is 59.7 Å². The van der Waals surface area contributed by atoms with Gasteiger partial charge in [-0.05, 0) is 89.6 Å². The van der Waals surface area contributed by atoms with Gasteiger partial charge in [0.1, 0.15) is 5.75 Å². The van der Waals surface area contributed by atoms with Crippen molar-refractivity contribution in [3.63, 3.8) is 0 Å². The van der Waals surface area contributed by atoms with Crippen LogP contribution in [0.1, 0.15) is 75.2 Å². The van der Waals surface area contributed by atoms with Crippen LogP contribution >= 0.6 is 11.8 Å². The highest BCUT2D eigenvalue weighted by Gasteiger charge is 2.40. The van der Waals surface area contributed by atoms with Gasteiger partial charge in [-0.2, -0.15) is 0 Å². The number of rotatable bonds is 9. The lowest BCUT2D eigenvalue weighted by atomic mass is 9.73. The summed E-state index contributed by atoms with van der Waals surface area (Å²) >= 11 is 1.66. The summed E-state index contributed by atoms with van der Waals surface area (Å²) in [4.78, 5) is 30.5. The summed E-state index contributed by atoms with van der Waals surface area (Å²) in [6, 6.07) is 13.9. The Kier molecular flexibility index (Phi) is 10.2. The van der Waals surface area contributed by atoms with E-state index in [1.165, 1.54) is 31.7 Å². The third kappa shape index (κ3) is 7.39. The van der Waals surface area contributed by atoms with Crippen LogP contribution in [0, 0.1) is 18.8 Å². The molecule has 8 heteroatoms. The summed E-state index contributed by atoms with van der Waals surface area (Å²) in [5.41, 5.74) is 0.160. The molecule has 3 N–H and O–H groups in total. The first-order valence-corrected chi connectivity index (χ1v) is 15.6. The van der Waals surface area contributed by atoms with Crippen LogP contribution in [0.2, 0.25) is 0 Å². The molecule has 1 saturated carbocycles. The highest BCUT2D eigenvalue weighted by Crippen LogP contribution is 2.36. The highest BCUT2D eigenvalue weighted by atomic mass is 32.2. The van der Waals surface area contributed by atoms with Gasteiger partial charge >= 0.3 is 0 Å². The van der Waals surface area contributed by atoms with E-state index in [0.29, 0.717) is 29.6 Å². The maximum Gasteiger partial charge on any atom is 0.277 e. The topological polar surface area (TPSA) is 93.1 Å². The third-order valence-electron chi connectivity index (χ3n) is 8.55. The van der Waals surface area contributed by atoms with Gasteiger partial charge in [0, 0.05) is 33.9 Å². The van der Waals surface area contributed by atoms with Crippen molar-refractivity contribution in [1.82, 2.24) is 15.3 Å². The second kappa shape index (κ2) is 13.4. The van der Waals surface area contributed by atoms with E-state index in [-0.39, 0.29) is 29.8 Å². The fourth-order valence-electron chi connectivity index (χ4n) is 6.09. The number of benzene rings is 2. The number of piperidine rings is 1. The average Bonchev–Trinajstić information content (AvgIpc) is 2.95. The van der Waals surface area contributed by atoms with E-state index in [4.69, 9.17) is 0 Å². The fraction of sp³-hybridized carbons (Fsp3) is 0.562. The van der Waals surface area contributed by atoms with E-state index in [0.717, 1.165) is 22.9 Å². The van der Waals surface area contributed by atoms with Gasteiger partial charge in [-0.1, -0.05) is 43.5 Å². The number of fused-ring (bicyclic) bond motifs is 1. The Morgan fingerprint density at radius 1 is 1.05 bits per heavy atom. The first-order valence-electron chi connectivity index (χ1n) is 14.6. The summed E-state index contributed by atoms with van der Waals surface area (Å²) in [5.74, 6) is 1.35. The number of hydrogen-bond donors (Lipinski definition) is 3. The van der Waals surface area contributed by atoms with E-state index in [9.17, 15) is 19.9 Å². The Bertz CT molecular complexity index is 1150. The summed E-state index contributed by atoms with van der Waals surface area (Å²) in [6.07, 6.45) is 6.27. The highest BCUT2D eigenvalue weighted by molar-refractivity contribution is 7.99. The Morgan fingerprint density at radius 2 is 1.75 bits per heavy atom. The molecule has 4 rings (SSSR count). The zero-order valence-corrected chi connectivity index (χ0v) is 25.1. The van der Waals surface area contributed by atoms with Gasteiger partial charge < -0.3 is 15.3 Å². The minimum Gasteiger partial charge on any atom is -0.508 e. The zero-order chi connectivity index (χ0) is 28.9. The van der Waals surface area contributed by atoms with E-state index in [1.807, 2.05) is 56.0 Å². The molecule has 7 nitrogen and oxygen atoms in total. The van der Waals surface area contributed by atoms with Crippen LogP contribution in [-0.2, 0) is 4.79 Å². The van der Waals surface area contributed by atoms with Crippen molar-refractivity contribution in [2.75, 3.05) is 18.8 Å². The van der Waals surface area contributed by atoms with Crippen molar-refractivity contribution in [2.24, 2.45) is 11.8 Å². The Hall–Kier alpha value is -2.55. The van der Waals surface area contributed by atoms with E-state index in [2.05, 4.69) is 5.32 Å². The number of hydroxylamine groups is 2. The number of nitrogens with zero attached hydrogens (tertiary/aromatic N) is 2. The molecular formula is C32H45N3O4S. The van der Waals surface area contributed by atoms with Gasteiger partial charge in [-0.25, -0.2) is 5.06 Å². The monoisotopic (exact) mass is 567 g/mol. The first kappa shape index (κ1) is 30.4. The van der Waals surface area contributed by atoms with Crippen LogP contribution < -0.4 is 5.32 Å². The summed E-state index contributed by atoms with van der Waals surface area (Å²) in [6.45, 7) is 8.78. The molecule has 0 aromatic heterocycles. The van der Waals surface area contributed by atoms with Crippen molar-refractivity contribution in [1.29, 1.82) is 0 Å². The number of phenols is 1. The molecular weight excluding hydrogens is 522 g/mol. The molecule has 0 radical (unpaired) electrons. The maximum atomic E-state index is 14.1. The molecule has 2 fully saturated rings.